The lowest BCUT2D eigenvalue weighted by Gasteiger charge is -2.36. The molecule has 2 aliphatic heterocycles. The molecule has 0 bridgehead atoms. The van der Waals surface area contributed by atoms with E-state index in [0.717, 1.165) is 13.1 Å². The molecular formula is C14H25FN2O3. The van der Waals surface area contributed by atoms with Gasteiger partial charge in [-0.2, -0.15) is 0 Å². The van der Waals surface area contributed by atoms with Gasteiger partial charge in [0.05, 0.1) is 19.3 Å². The fourth-order valence-electron chi connectivity index (χ4n) is 2.29. The molecule has 0 spiro atoms. The molecule has 116 valence electrons. The second-order valence-corrected chi connectivity index (χ2v) is 6.63. The zero-order valence-electron chi connectivity index (χ0n) is 12.5. The molecule has 0 aromatic heterocycles. The number of hydrogen-bond acceptors (Lipinski definition) is 4. The number of carbonyl (C=O) groups is 1. The summed E-state index contributed by atoms with van der Waals surface area (Å²) in [6, 6.07) is 0. The first kappa shape index (κ1) is 15.5. The predicted molar refractivity (Wildman–Crippen MR) is 73.4 cm³/mol. The van der Waals surface area contributed by atoms with E-state index >= 15 is 0 Å². The molecule has 6 heteroatoms. The van der Waals surface area contributed by atoms with Crippen molar-refractivity contribution >= 4 is 6.09 Å². The van der Waals surface area contributed by atoms with Gasteiger partial charge in [0.15, 0.2) is 0 Å². The highest BCUT2D eigenvalue weighted by atomic mass is 19.1. The third-order valence-corrected chi connectivity index (χ3v) is 3.55. The van der Waals surface area contributed by atoms with Crippen molar-refractivity contribution in [2.75, 3.05) is 32.8 Å². The molecule has 2 atom stereocenters. The first-order valence-electron chi connectivity index (χ1n) is 7.29. The van der Waals surface area contributed by atoms with E-state index in [-0.39, 0.29) is 6.54 Å². The molecule has 20 heavy (non-hydrogen) atoms. The van der Waals surface area contributed by atoms with Crippen molar-refractivity contribution in [1.82, 2.24) is 10.2 Å². The molecule has 2 heterocycles. The first-order chi connectivity index (χ1) is 9.35. The average Bonchev–Trinajstić information content (AvgIpc) is 2.26. The number of piperidine rings is 1. The van der Waals surface area contributed by atoms with Gasteiger partial charge in [0, 0.05) is 25.6 Å². The molecule has 0 aromatic carbocycles. The zero-order chi connectivity index (χ0) is 14.8. The number of nitrogens with zero attached hydrogens (tertiary/aromatic N) is 1. The lowest BCUT2D eigenvalue weighted by molar-refractivity contribution is -0.0647. The Morgan fingerprint density at radius 2 is 2.10 bits per heavy atom. The lowest BCUT2D eigenvalue weighted by atomic mass is 10.0. The molecule has 0 saturated carbocycles. The lowest BCUT2D eigenvalue weighted by Crippen LogP contribution is -2.51. The highest BCUT2D eigenvalue weighted by Crippen LogP contribution is 2.21. The number of nitrogens with one attached hydrogen (secondary N) is 1. The Morgan fingerprint density at radius 1 is 1.40 bits per heavy atom. The van der Waals surface area contributed by atoms with Crippen molar-refractivity contribution in [3.05, 3.63) is 0 Å². The normalized spacial score (nSPS) is 28.1. The van der Waals surface area contributed by atoms with Crippen molar-refractivity contribution in [2.24, 2.45) is 5.92 Å². The van der Waals surface area contributed by atoms with Crippen molar-refractivity contribution in [3.8, 4) is 0 Å². The number of ether oxygens (including phenoxy) is 2. The number of likely N-dealkylation sites (tertiary alicyclic amines) is 1. The summed E-state index contributed by atoms with van der Waals surface area (Å²) >= 11 is 0. The van der Waals surface area contributed by atoms with Crippen LogP contribution in [-0.2, 0) is 9.47 Å². The highest BCUT2D eigenvalue weighted by Gasteiger charge is 2.34. The molecule has 2 rings (SSSR count). The number of halogens is 1. The summed E-state index contributed by atoms with van der Waals surface area (Å²) in [4.78, 5) is 13.3. The summed E-state index contributed by atoms with van der Waals surface area (Å²) in [6.07, 6.45) is -1.44. The van der Waals surface area contributed by atoms with E-state index < -0.39 is 24.0 Å². The van der Waals surface area contributed by atoms with E-state index in [1.54, 1.807) is 20.8 Å². The number of rotatable bonds is 3. The molecule has 0 unspecified atom stereocenters. The monoisotopic (exact) mass is 288 g/mol. The van der Waals surface area contributed by atoms with Gasteiger partial charge in [-0.15, -0.1) is 0 Å². The molecule has 1 amide bonds. The minimum Gasteiger partial charge on any atom is -0.444 e. The Labute approximate surface area is 119 Å². The maximum Gasteiger partial charge on any atom is 0.410 e. The minimum absolute atomic E-state index is 0.0580. The van der Waals surface area contributed by atoms with E-state index in [4.69, 9.17) is 9.47 Å². The van der Waals surface area contributed by atoms with Gasteiger partial charge in [-0.3, -0.25) is 0 Å². The van der Waals surface area contributed by atoms with Gasteiger partial charge in [0.25, 0.3) is 0 Å². The van der Waals surface area contributed by atoms with Crippen LogP contribution in [0.15, 0.2) is 0 Å². The van der Waals surface area contributed by atoms with Crippen LogP contribution in [0.2, 0.25) is 0 Å². The van der Waals surface area contributed by atoms with Crippen LogP contribution in [0.1, 0.15) is 27.2 Å². The molecule has 2 saturated heterocycles. The second-order valence-electron chi connectivity index (χ2n) is 6.63. The van der Waals surface area contributed by atoms with Gasteiger partial charge >= 0.3 is 6.09 Å². The van der Waals surface area contributed by atoms with Crippen molar-refractivity contribution in [2.45, 2.75) is 45.1 Å². The molecule has 0 aromatic rings. The molecule has 2 aliphatic rings. The summed E-state index contributed by atoms with van der Waals surface area (Å²) in [5.41, 5.74) is -0.548. The van der Waals surface area contributed by atoms with Crippen LogP contribution in [-0.4, -0.2) is 61.7 Å². The Morgan fingerprint density at radius 3 is 2.60 bits per heavy atom. The van der Waals surface area contributed by atoms with Crippen LogP contribution < -0.4 is 5.32 Å². The number of hydrogen-bond donors (Lipinski definition) is 1. The van der Waals surface area contributed by atoms with Gasteiger partial charge in [-0.1, -0.05) is 0 Å². The quantitative estimate of drug-likeness (QED) is 0.856. The average molecular weight is 288 g/mol. The highest BCUT2D eigenvalue weighted by molar-refractivity contribution is 5.68. The largest absolute Gasteiger partial charge is 0.444 e. The third kappa shape index (κ3) is 4.31. The smallest absolute Gasteiger partial charge is 0.410 e. The van der Waals surface area contributed by atoms with Crippen LogP contribution in [0.5, 0.6) is 0 Å². The van der Waals surface area contributed by atoms with E-state index in [9.17, 15) is 9.18 Å². The zero-order valence-corrected chi connectivity index (χ0v) is 12.5. The Hall–Kier alpha value is -0.880. The fraction of sp³-hybridized carbons (Fsp3) is 0.929. The first-order valence-corrected chi connectivity index (χ1v) is 7.29. The van der Waals surface area contributed by atoms with E-state index in [2.05, 4.69) is 5.32 Å². The summed E-state index contributed by atoms with van der Waals surface area (Å²) < 4.78 is 25.0. The van der Waals surface area contributed by atoms with Crippen LogP contribution in [0.3, 0.4) is 0 Å². The molecular weight excluding hydrogens is 263 g/mol. The van der Waals surface area contributed by atoms with E-state index in [1.165, 1.54) is 4.90 Å². The Balaban J connectivity index is 1.74. The topological polar surface area (TPSA) is 50.8 Å². The van der Waals surface area contributed by atoms with Gasteiger partial charge < -0.3 is 19.7 Å². The number of alkyl halides is 1. The Bertz CT molecular complexity index is 342. The fourth-order valence-corrected chi connectivity index (χ4v) is 2.29. The SMILES string of the molecule is CC(C)(C)OC(=O)N1CC[C@@H](OCC2CNC2)[C@@H](F)C1. The van der Waals surface area contributed by atoms with Crippen LogP contribution in [0.25, 0.3) is 0 Å². The maximum absolute atomic E-state index is 14.1. The predicted octanol–water partition coefficient (Wildman–Crippen LogP) is 1.57. The third-order valence-electron chi connectivity index (χ3n) is 3.55. The summed E-state index contributed by atoms with van der Waals surface area (Å²) in [5, 5.41) is 3.16. The maximum atomic E-state index is 14.1. The summed E-state index contributed by atoms with van der Waals surface area (Å²) in [7, 11) is 0. The van der Waals surface area contributed by atoms with E-state index in [0.29, 0.717) is 25.5 Å². The van der Waals surface area contributed by atoms with Crippen LogP contribution in [0, 0.1) is 5.92 Å². The van der Waals surface area contributed by atoms with Gasteiger partial charge in [-0.05, 0) is 27.2 Å². The molecule has 5 nitrogen and oxygen atoms in total. The van der Waals surface area contributed by atoms with Crippen LogP contribution in [0.4, 0.5) is 9.18 Å². The van der Waals surface area contributed by atoms with Crippen molar-refractivity contribution < 1.29 is 18.7 Å². The number of carbonyl (C=O) groups excluding carboxylic acids is 1. The summed E-state index contributed by atoms with van der Waals surface area (Å²) in [5.74, 6) is 0.506. The van der Waals surface area contributed by atoms with Gasteiger partial charge in [0.2, 0.25) is 0 Å². The standard InChI is InChI=1S/C14H25FN2O3/c1-14(2,3)20-13(18)17-5-4-12(11(15)8-17)19-9-10-6-16-7-10/h10-12,16H,4-9H2,1-3H3/t11-,12+/m0/s1. The van der Waals surface area contributed by atoms with Gasteiger partial charge in [0.1, 0.15) is 11.8 Å². The molecule has 1 N–H and O–H groups in total. The van der Waals surface area contributed by atoms with Crippen LogP contribution >= 0.6 is 0 Å². The minimum atomic E-state index is -1.13. The van der Waals surface area contributed by atoms with E-state index in [1.807, 2.05) is 0 Å². The summed E-state index contributed by atoms with van der Waals surface area (Å²) in [6.45, 7) is 8.47. The molecule has 0 aliphatic carbocycles. The van der Waals surface area contributed by atoms with Crippen molar-refractivity contribution in [3.63, 3.8) is 0 Å². The molecule has 2 fully saturated rings. The Kier molecular flexibility index (Phi) is 4.86. The number of amides is 1. The van der Waals surface area contributed by atoms with Crippen molar-refractivity contribution in [1.29, 1.82) is 0 Å². The second kappa shape index (κ2) is 6.26. The molecule has 0 radical (unpaired) electrons. The van der Waals surface area contributed by atoms with Gasteiger partial charge in [-0.25, -0.2) is 9.18 Å².